The second-order valence-corrected chi connectivity index (χ2v) is 5.74. The van der Waals surface area contributed by atoms with E-state index in [9.17, 15) is 0 Å². The van der Waals surface area contributed by atoms with Gasteiger partial charge in [0.05, 0.1) is 5.69 Å². The highest BCUT2D eigenvalue weighted by atomic mass is 32.2. The third kappa shape index (κ3) is 4.23. The number of anilines is 1. The van der Waals surface area contributed by atoms with E-state index >= 15 is 0 Å². The summed E-state index contributed by atoms with van der Waals surface area (Å²) >= 11 is 2.04. The number of rotatable bonds is 6. The zero-order valence-corrected chi connectivity index (χ0v) is 11.4. The van der Waals surface area contributed by atoms with Crippen LogP contribution in [0.3, 0.4) is 0 Å². The van der Waals surface area contributed by atoms with Gasteiger partial charge in [0.1, 0.15) is 5.82 Å². The fourth-order valence-electron chi connectivity index (χ4n) is 2.35. The van der Waals surface area contributed by atoms with Gasteiger partial charge in [-0.1, -0.05) is 18.9 Å². The third-order valence-electron chi connectivity index (χ3n) is 3.24. The van der Waals surface area contributed by atoms with Gasteiger partial charge in [-0.05, 0) is 43.6 Å². The van der Waals surface area contributed by atoms with Gasteiger partial charge >= 0.3 is 0 Å². The van der Waals surface area contributed by atoms with Crippen molar-refractivity contribution in [3.05, 3.63) is 23.9 Å². The molecule has 0 spiro atoms. The van der Waals surface area contributed by atoms with Crippen LogP contribution < -0.4 is 5.32 Å². The number of thioether (sulfide) groups is 1. The first-order valence-corrected chi connectivity index (χ1v) is 7.81. The molecule has 1 saturated carbocycles. The van der Waals surface area contributed by atoms with Gasteiger partial charge in [0.15, 0.2) is 0 Å². The molecule has 1 aliphatic carbocycles. The zero-order valence-electron chi connectivity index (χ0n) is 10.6. The minimum Gasteiger partial charge on any atom is -0.370 e. The number of hydrogen-bond acceptors (Lipinski definition) is 3. The number of hydrogen-bond donors (Lipinski definition) is 1. The fraction of sp³-hybridized carbons (Fsp3) is 0.643. The van der Waals surface area contributed by atoms with Gasteiger partial charge in [0.2, 0.25) is 0 Å². The lowest BCUT2D eigenvalue weighted by Crippen LogP contribution is -2.01. The highest BCUT2D eigenvalue weighted by molar-refractivity contribution is 7.98. The quantitative estimate of drug-likeness (QED) is 0.828. The highest BCUT2D eigenvalue weighted by Gasteiger charge is 2.14. The van der Waals surface area contributed by atoms with Gasteiger partial charge in [-0.25, -0.2) is 4.98 Å². The lowest BCUT2D eigenvalue weighted by Gasteiger charge is -2.08. The second kappa shape index (κ2) is 6.90. The first-order valence-electron chi connectivity index (χ1n) is 6.66. The molecule has 1 aromatic rings. The molecule has 0 radical (unpaired) electrons. The van der Waals surface area contributed by atoms with Gasteiger partial charge in [-0.15, -0.1) is 0 Å². The van der Waals surface area contributed by atoms with Crippen molar-refractivity contribution in [3.8, 4) is 0 Å². The summed E-state index contributed by atoms with van der Waals surface area (Å²) in [7, 11) is 0. The summed E-state index contributed by atoms with van der Waals surface area (Å²) in [5, 5.41) is 3.26. The summed E-state index contributed by atoms with van der Waals surface area (Å²) in [6.07, 6.45) is 5.77. The van der Waals surface area contributed by atoms with Crippen molar-refractivity contribution < 1.29 is 0 Å². The average molecular weight is 250 g/mol. The molecule has 17 heavy (non-hydrogen) atoms. The minimum absolute atomic E-state index is 0.936. The predicted molar refractivity (Wildman–Crippen MR) is 76.5 cm³/mol. The summed E-state index contributed by atoms with van der Waals surface area (Å²) < 4.78 is 0. The number of pyridine rings is 1. The molecular weight excluding hydrogens is 228 g/mol. The van der Waals surface area contributed by atoms with Crippen LogP contribution in [-0.4, -0.2) is 17.3 Å². The SMILES string of the molecule is CCNc1cccc(CSCC2CCCC2)n1. The molecule has 1 aromatic heterocycles. The summed E-state index contributed by atoms with van der Waals surface area (Å²) in [6, 6.07) is 6.26. The minimum atomic E-state index is 0.936. The number of aromatic nitrogens is 1. The van der Waals surface area contributed by atoms with Crippen molar-refractivity contribution in [1.82, 2.24) is 4.98 Å². The summed E-state index contributed by atoms with van der Waals surface area (Å²) in [6.45, 7) is 3.04. The predicted octanol–water partition coefficient (Wildman–Crippen LogP) is 3.94. The maximum atomic E-state index is 4.59. The smallest absolute Gasteiger partial charge is 0.126 e. The van der Waals surface area contributed by atoms with Crippen molar-refractivity contribution in [2.75, 3.05) is 17.6 Å². The van der Waals surface area contributed by atoms with Gasteiger partial charge in [0, 0.05) is 12.3 Å². The van der Waals surface area contributed by atoms with Gasteiger partial charge in [0.25, 0.3) is 0 Å². The Bertz CT molecular complexity index is 335. The molecule has 1 heterocycles. The monoisotopic (exact) mass is 250 g/mol. The van der Waals surface area contributed by atoms with Crippen LogP contribution in [-0.2, 0) is 5.75 Å². The van der Waals surface area contributed by atoms with E-state index in [-0.39, 0.29) is 0 Å². The van der Waals surface area contributed by atoms with Crippen LogP contribution in [0.25, 0.3) is 0 Å². The van der Waals surface area contributed by atoms with Crippen LogP contribution in [0.5, 0.6) is 0 Å². The first-order chi connectivity index (χ1) is 8.38. The first kappa shape index (κ1) is 12.7. The molecule has 0 atom stereocenters. The largest absolute Gasteiger partial charge is 0.370 e. The molecule has 2 rings (SSSR count). The lowest BCUT2D eigenvalue weighted by atomic mass is 10.1. The molecule has 0 bridgehead atoms. The Labute approximate surface area is 109 Å². The Morgan fingerprint density at radius 3 is 2.94 bits per heavy atom. The summed E-state index contributed by atoms with van der Waals surface area (Å²) in [5.41, 5.74) is 1.20. The standard InChI is InChI=1S/C14H22N2S/c1-2-15-14-9-5-8-13(16-14)11-17-10-12-6-3-4-7-12/h5,8-9,12H,2-4,6-7,10-11H2,1H3,(H,15,16). The number of nitrogens with one attached hydrogen (secondary N) is 1. The Morgan fingerprint density at radius 1 is 1.35 bits per heavy atom. The van der Waals surface area contributed by atoms with Crippen LogP contribution in [0.1, 0.15) is 38.3 Å². The summed E-state index contributed by atoms with van der Waals surface area (Å²) in [4.78, 5) is 4.59. The zero-order chi connectivity index (χ0) is 11.9. The van der Waals surface area contributed by atoms with Gasteiger partial charge in [-0.3, -0.25) is 0 Å². The molecule has 3 heteroatoms. The average Bonchev–Trinajstić information content (AvgIpc) is 2.83. The van der Waals surface area contributed by atoms with E-state index in [2.05, 4.69) is 29.4 Å². The van der Waals surface area contributed by atoms with Crippen molar-refractivity contribution in [2.24, 2.45) is 5.92 Å². The molecule has 0 amide bonds. The molecule has 2 nitrogen and oxygen atoms in total. The van der Waals surface area contributed by atoms with E-state index in [1.165, 1.54) is 37.1 Å². The Morgan fingerprint density at radius 2 is 2.18 bits per heavy atom. The Balaban J connectivity index is 1.75. The molecule has 0 aliphatic heterocycles. The van der Waals surface area contributed by atoms with Gasteiger partial charge < -0.3 is 5.32 Å². The van der Waals surface area contributed by atoms with Crippen LogP contribution in [0.15, 0.2) is 18.2 Å². The normalized spacial score (nSPS) is 16.3. The van der Waals surface area contributed by atoms with Crippen molar-refractivity contribution in [1.29, 1.82) is 0 Å². The van der Waals surface area contributed by atoms with Crippen LogP contribution in [0.4, 0.5) is 5.82 Å². The number of nitrogens with zero attached hydrogens (tertiary/aromatic N) is 1. The summed E-state index contributed by atoms with van der Waals surface area (Å²) in [5.74, 6) is 4.34. The topological polar surface area (TPSA) is 24.9 Å². The maximum absolute atomic E-state index is 4.59. The van der Waals surface area contributed by atoms with Crippen LogP contribution in [0, 0.1) is 5.92 Å². The van der Waals surface area contributed by atoms with Crippen LogP contribution >= 0.6 is 11.8 Å². The van der Waals surface area contributed by atoms with E-state index in [1.54, 1.807) is 0 Å². The second-order valence-electron chi connectivity index (χ2n) is 4.71. The highest BCUT2D eigenvalue weighted by Crippen LogP contribution is 2.28. The van der Waals surface area contributed by atoms with Crippen molar-refractivity contribution in [3.63, 3.8) is 0 Å². The van der Waals surface area contributed by atoms with E-state index in [0.717, 1.165) is 24.0 Å². The molecule has 0 aromatic carbocycles. The molecule has 1 aliphatic rings. The van der Waals surface area contributed by atoms with Crippen LogP contribution in [0.2, 0.25) is 0 Å². The molecule has 0 saturated heterocycles. The van der Waals surface area contributed by atoms with E-state index < -0.39 is 0 Å². The van der Waals surface area contributed by atoms with Crippen molar-refractivity contribution >= 4 is 17.6 Å². The van der Waals surface area contributed by atoms with E-state index in [0.29, 0.717) is 0 Å². The fourth-order valence-corrected chi connectivity index (χ4v) is 3.50. The Hall–Kier alpha value is -0.700. The lowest BCUT2D eigenvalue weighted by molar-refractivity contribution is 0.623. The van der Waals surface area contributed by atoms with E-state index in [1.807, 2.05) is 17.8 Å². The van der Waals surface area contributed by atoms with E-state index in [4.69, 9.17) is 0 Å². The van der Waals surface area contributed by atoms with Crippen molar-refractivity contribution in [2.45, 2.75) is 38.4 Å². The Kier molecular flexibility index (Phi) is 5.17. The van der Waals surface area contributed by atoms with Gasteiger partial charge in [-0.2, -0.15) is 11.8 Å². The third-order valence-corrected chi connectivity index (χ3v) is 4.45. The molecule has 1 fully saturated rings. The maximum Gasteiger partial charge on any atom is 0.126 e. The molecular formula is C14H22N2S. The molecule has 94 valence electrons. The molecule has 1 N–H and O–H groups in total. The molecule has 0 unspecified atom stereocenters.